The van der Waals surface area contributed by atoms with Gasteiger partial charge in [0.05, 0.1) is 24.7 Å². The molecule has 2 aromatic heterocycles. The molecule has 0 amide bonds. The topological polar surface area (TPSA) is 74.7 Å². The Morgan fingerprint density at radius 1 is 1.12 bits per heavy atom. The minimum atomic E-state index is -0.634. The first-order chi connectivity index (χ1) is 12.6. The van der Waals surface area contributed by atoms with E-state index in [0.717, 1.165) is 9.88 Å². The average molecular weight is 389 g/mol. The summed E-state index contributed by atoms with van der Waals surface area (Å²) in [6, 6.07) is 8.66. The Labute approximate surface area is 158 Å². The highest BCUT2D eigenvalue weighted by Gasteiger charge is 2.18. The van der Waals surface area contributed by atoms with Crippen molar-refractivity contribution in [3.8, 4) is 21.4 Å². The predicted molar refractivity (Wildman–Crippen MR) is 99.6 cm³/mol. The number of carbonyl (C=O) groups excluding carboxylic acids is 2. The number of ether oxygens (including phenoxy) is 3. The van der Waals surface area contributed by atoms with Crippen LogP contribution in [0.15, 0.2) is 41.1 Å². The standard InChI is InChI=1S/C18H15NO5S2/c1-22-11-5-6-12(15(8-11)23-2)14(20)9-24-18(21)13-10-26-17(19-13)16-4-3-7-25-16/h3-8,10H,9H2,1-2H3. The van der Waals surface area contributed by atoms with Crippen LogP contribution in [0.1, 0.15) is 20.8 Å². The number of rotatable bonds is 7. The molecule has 2 heterocycles. The molecule has 0 saturated heterocycles. The van der Waals surface area contributed by atoms with Gasteiger partial charge in [-0.3, -0.25) is 4.79 Å². The van der Waals surface area contributed by atoms with Crippen molar-refractivity contribution in [2.24, 2.45) is 0 Å². The number of aromatic nitrogens is 1. The first-order valence-electron chi connectivity index (χ1n) is 7.54. The SMILES string of the molecule is COc1ccc(C(=O)COC(=O)c2csc(-c3cccs3)n2)c(OC)c1. The number of benzene rings is 1. The molecule has 6 nitrogen and oxygen atoms in total. The Morgan fingerprint density at radius 2 is 1.96 bits per heavy atom. The third kappa shape index (κ3) is 3.92. The molecule has 0 spiro atoms. The fraction of sp³-hybridized carbons (Fsp3) is 0.167. The number of thiophene rings is 1. The lowest BCUT2D eigenvalue weighted by Crippen LogP contribution is -2.15. The normalized spacial score (nSPS) is 10.4. The second-order valence-electron chi connectivity index (χ2n) is 5.08. The van der Waals surface area contributed by atoms with Crippen LogP contribution in [0.4, 0.5) is 0 Å². The van der Waals surface area contributed by atoms with E-state index < -0.39 is 12.6 Å². The fourth-order valence-corrected chi connectivity index (χ4v) is 3.80. The molecule has 134 valence electrons. The summed E-state index contributed by atoms with van der Waals surface area (Å²) < 4.78 is 15.4. The summed E-state index contributed by atoms with van der Waals surface area (Å²) in [5, 5.41) is 4.31. The first kappa shape index (κ1) is 18.1. The van der Waals surface area contributed by atoms with Crippen LogP contribution >= 0.6 is 22.7 Å². The molecule has 1 aromatic carbocycles. The molecule has 0 saturated carbocycles. The van der Waals surface area contributed by atoms with Gasteiger partial charge in [0, 0.05) is 11.4 Å². The second-order valence-corrected chi connectivity index (χ2v) is 6.89. The van der Waals surface area contributed by atoms with E-state index in [9.17, 15) is 9.59 Å². The van der Waals surface area contributed by atoms with E-state index in [-0.39, 0.29) is 11.5 Å². The monoisotopic (exact) mass is 389 g/mol. The maximum absolute atomic E-state index is 12.3. The summed E-state index contributed by atoms with van der Waals surface area (Å²) in [4.78, 5) is 29.7. The Kier molecular flexibility index (Phi) is 5.65. The zero-order chi connectivity index (χ0) is 18.5. The molecule has 0 radical (unpaired) electrons. The molecule has 0 aliphatic carbocycles. The first-order valence-corrected chi connectivity index (χ1v) is 9.30. The number of nitrogens with zero attached hydrogens (tertiary/aromatic N) is 1. The third-order valence-electron chi connectivity index (χ3n) is 3.49. The molecule has 0 aliphatic heterocycles. The van der Waals surface area contributed by atoms with E-state index in [2.05, 4.69) is 4.98 Å². The highest BCUT2D eigenvalue weighted by Crippen LogP contribution is 2.28. The molecule has 0 unspecified atom stereocenters. The number of esters is 1. The lowest BCUT2D eigenvalue weighted by molar-refractivity contribution is 0.0469. The van der Waals surface area contributed by atoms with Crippen molar-refractivity contribution in [1.82, 2.24) is 4.98 Å². The van der Waals surface area contributed by atoms with Crippen LogP contribution in [0, 0.1) is 0 Å². The van der Waals surface area contributed by atoms with Gasteiger partial charge < -0.3 is 14.2 Å². The molecule has 0 N–H and O–H groups in total. The summed E-state index contributed by atoms with van der Waals surface area (Å²) in [6.45, 7) is -0.395. The lowest BCUT2D eigenvalue weighted by atomic mass is 10.1. The van der Waals surface area contributed by atoms with E-state index in [0.29, 0.717) is 17.1 Å². The van der Waals surface area contributed by atoms with Gasteiger partial charge in [-0.15, -0.1) is 22.7 Å². The minimum Gasteiger partial charge on any atom is -0.497 e. The number of methoxy groups -OCH3 is 2. The van der Waals surface area contributed by atoms with Crippen LogP contribution in [0.5, 0.6) is 11.5 Å². The van der Waals surface area contributed by atoms with Crippen LogP contribution in [0.3, 0.4) is 0 Å². The summed E-state index contributed by atoms with van der Waals surface area (Å²) >= 11 is 2.90. The fourth-order valence-electron chi connectivity index (χ4n) is 2.19. The number of ketones is 1. The summed E-state index contributed by atoms with van der Waals surface area (Å²) in [5.74, 6) is -0.0746. The zero-order valence-corrected chi connectivity index (χ0v) is 15.7. The number of hydrogen-bond donors (Lipinski definition) is 0. The van der Waals surface area contributed by atoms with Crippen LogP contribution in [-0.2, 0) is 4.74 Å². The van der Waals surface area contributed by atoms with Gasteiger partial charge in [-0.05, 0) is 23.6 Å². The number of carbonyl (C=O) groups is 2. The van der Waals surface area contributed by atoms with Gasteiger partial charge in [0.2, 0.25) is 5.78 Å². The third-order valence-corrected chi connectivity index (χ3v) is 5.37. The van der Waals surface area contributed by atoms with Gasteiger partial charge in [0.25, 0.3) is 0 Å². The van der Waals surface area contributed by atoms with Gasteiger partial charge in [-0.25, -0.2) is 9.78 Å². The summed E-state index contributed by atoms with van der Waals surface area (Å²) in [7, 11) is 2.98. The van der Waals surface area contributed by atoms with Gasteiger partial charge in [0.1, 0.15) is 16.5 Å². The summed E-state index contributed by atoms with van der Waals surface area (Å²) in [5.41, 5.74) is 0.506. The number of hydrogen-bond acceptors (Lipinski definition) is 8. The minimum absolute atomic E-state index is 0.188. The van der Waals surface area contributed by atoms with Crippen LogP contribution < -0.4 is 9.47 Å². The van der Waals surface area contributed by atoms with E-state index in [1.165, 1.54) is 25.6 Å². The largest absolute Gasteiger partial charge is 0.497 e. The van der Waals surface area contributed by atoms with Crippen molar-refractivity contribution in [1.29, 1.82) is 0 Å². The Bertz CT molecular complexity index is 918. The van der Waals surface area contributed by atoms with Crippen LogP contribution in [0.2, 0.25) is 0 Å². The van der Waals surface area contributed by atoms with Crippen molar-refractivity contribution in [3.05, 3.63) is 52.3 Å². The number of Topliss-reactive ketones (excluding diaryl/α,β-unsaturated/α-hetero) is 1. The molecule has 3 aromatic rings. The molecule has 26 heavy (non-hydrogen) atoms. The Morgan fingerprint density at radius 3 is 2.65 bits per heavy atom. The van der Waals surface area contributed by atoms with Crippen molar-refractivity contribution < 1.29 is 23.8 Å². The Balaban J connectivity index is 1.65. The number of thiazole rings is 1. The highest BCUT2D eigenvalue weighted by molar-refractivity contribution is 7.20. The van der Waals surface area contributed by atoms with E-state index in [1.54, 1.807) is 34.9 Å². The van der Waals surface area contributed by atoms with Crippen molar-refractivity contribution in [3.63, 3.8) is 0 Å². The van der Waals surface area contributed by atoms with Gasteiger partial charge in [-0.1, -0.05) is 6.07 Å². The molecule has 8 heteroatoms. The molecule has 0 fully saturated rings. The van der Waals surface area contributed by atoms with Gasteiger partial charge in [-0.2, -0.15) is 0 Å². The van der Waals surface area contributed by atoms with Crippen molar-refractivity contribution in [2.75, 3.05) is 20.8 Å². The maximum atomic E-state index is 12.3. The molecular formula is C18H15NO5S2. The maximum Gasteiger partial charge on any atom is 0.358 e. The predicted octanol–water partition coefficient (Wildman–Crippen LogP) is 3.93. The molecule has 0 atom stereocenters. The Hall–Kier alpha value is -2.71. The second kappa shape index (κ2) is 8.11. The van der Waals surface area contributed by atoms with Gasteiger partial charge in [0.15, 0.2) is 12.3 Å². The zero-order valence-electron chi connectivity index (χ0n) is 14.1. The summed E-state index contributed by atoms with van der Waals surface area (Å²) in [6.07, 6.45) is 0. The van der Waals surface area contributed by atoms with Gasteiger partial charge >= 0.3 is 5.97 Å². The smallest absolute Gasteiger partial charge is 0.358 e. The quantitative estimate of drug-likeness (QED) is 0.450. The van der Waals surface area contributed by atoms with E-state index in [1.807, 2.05) is 17.5 Å². The van der Waals surface area contributed by atoms with Crippen molar-refractivity contribution in [2.45, 2.75) is 0 Å². The molecule has 3 rings (SSSR count). The molecule has 0 bridgehead atoms. The molecular weight excluding hydrogens is 374 g/mol. The van der Waals surface area contributed by atoms with Crippen molar-refractivity contribution >= 4 is 34.4 Å². The highest BCUT2D eigenvalue weighted by atomic mass is 32.1. The van der Waals surface area contributed by atoms with E-state index in [4.69, 9.17) is 14.2 Å². The lowest BCUT2D eigenvalue weighted by Gasteiger charge is -2.09. The van der Waals surface area contributed by atoms with E-state index >= 15 is 0 Å². The van der Waals surface area contributed by atoms with Crippen LogP contribution in [0.25, 0.3) is 9.88 Å². The molecule has 0 aliphatic rings. The van der Waals surface area contributed by atoms with Crippen LogP contribution in [-0.4, -0.2) is 37.6 Å². The average Bonchev–Trinajstić information content (AvgIpc) is 3.36.